The van der Waals surface area contributed by atoms with Crippen LogP contribution < -0.4 is 5.32 Å². The van der Waals surface area contributed by atoms with Crippen molar-refractivity contribution in [2.75, 3.05) is 0 Å². The molecular formula is C8H10BrN3O3. The van der Waals surface area contributed by atoms with E-state index in [4.69, 9.17) is 5.11 Å². The van der Waals surface area contributed by atoms with Crippen LogP contribution in [0, 0.1) is 0 Å². The zero-order chi connectivity index (χ0) is 11.6. The summed E-state index contributed by atoms with van der Waals surface area (Å²) in [6, 6.07) is -0.926. The predicted octanol–water partition coefficient (Wildman–Crippen LogP) is 0.385. The molecule has 1 amide bonds. The van der Waals surface area contributed by atoms with E-state index in [2.05, 4.69) is 26.3 Å². The fourth-order valence-electron chi connectivity index (χ4n) is 0.911. The molecule has 1 heterocycles. The monoisotopic (exact) mass is 275 g/mol. The van der Waals surface area contributed by atoms with Crippen molar-refractivity contribution < 1.29 is 14.7 Å². The molecule has 82 valence electrons. The van der Waals surface area contributed by atoms with Gasteiger partial charge in [-0.15, -0.1) is 0 Å². The second kappa shape index (κ2) is 4.43. The van der Waals surface area contributed by atoms with Crippen LogP contribution in [-0.4, -0.2) is 32.8 Å². The number of carbonyl (C=O) groups is 2. The summed E-state index contributed by atoms with van der Waals surface area (Å²) in [5, 5.41) is 14.8. The van der Waals surface area contributed by atoms with Crippen LogP contribution in [0.25, 0.3) is 0 Å². The summed E-state index contributed by atoms with van der Waals surface area (Å²) < 4.78 is 1.98. The molecule has 2 N–H and O–H groups in total. The van der Waals surface area contributed by atoms with Crippen LogP contribution in [-0.2, 0) is 11.8 Å². The van der Waals surface area contributed by atoms with E-state index in [1.54, 1.807) is 7.05 Å². The van der Waals surface area contributed by atoms with Gasteiger partial charge in [0.2, 0.25) is 0 Å². The van der Waals surface area contributed by atoms with Crippen molar-refractivity contribution in [1.82, 2.24) is 15.1 Å². The molecule has 0 aromatic carbocycles. The largest absolute Gasteiger partial charge is 0.480 e. The fourth-order valence-corrected chi connectivity index (χ4v) is 1.29. The number of nitrogens with zero attached hydrogens (tertiary/aromatic N) is 2. The molecule has 6 nitrogen and oxygen atoms in total. The highest BCUT2D eigenvalue weighted by Crippen LogP contribution is 2.14. The number of carboxylic acid groups (broad SMARTS) is 1. The van der Waals surface area contributed by atoms with Crippen LogP contribution in [0.3, 0.4) is 0 Å². The van der Waals surface area contributed by atoms with Gasteiger partial charge in [-0.25, -0.2) is 0 Å². The molecule has 0 spiro atoms. The van der Waals surface area contributed by atoms with Gasteiger partial charge in [0, 0.05) is 7.05 Å². The van der Waals surface area contributed by atoms with Gasteiger partial charge in [0.05, 0.1) is 11.8 Å². The highest BCUT2D eigenvalue weighted by Gasteiger charge is 2.19. The summed E-state index contributed by atoms with van der Waals surface area (Å²) in [5.41, 5.74) is 0.311. The third-order valence-corrected chi connectivity index (χ3v) is 2.77. The summed E-state index contributed by atoms with van der Waals surface area (Å²) in [6.07, 6.45) is 1.37. The van der Waals surface area contributed by atoms with Gasteiger partial charge in [0.25, 0.3) is 5.91 Å². The summed E-state index contributed by atoms with van der Waals surface area (Å²) in [5.74, 6) is -1.55. The smallest absolute Gasteiger partial charge is 0.325 e. The van der Waals surface area contributed by atoms with E-state index in [0.29, 0.717) is 10.2 Å². The first-order valence-corrected chi connectivity index (χ1v) is 4.94. The van der Waals surface area contributed by atoms with Crippen molar-refractivity contribution in [3.8, 4) is 0 Å². The molecule has 0 saturated heterocycles. The summed E-state index contributed by atoms with van der Waals surface area (Å²) in [6.45, 7) is 1.39. The van der Waals surface area contributed by atoms with Crippen LogP contribution in [0.4, 0.5) is 0 Å². The lowest BCUT2D eigenvalue weighted by Crippen LogP contribution is -2.38. The molecule has 1 aromatic rings. The minimum atomic E-state index is -1.08. The minimum absolute atomic E-state index is 0.311. The van der Waals surface area contributed by atoms with Gasteiger partial charge in [-0.2, -0.15) is 5.10 Å². The Balaban J connectivity index is 2.78. The maximum Gasteiger partial charge on any atom is 0.325 e. The average Bonchev–Trinajstić information content (AvgIpc) is 2.47. The number of aliphatic carboxylic acids is 1. The number of amides is 1. The van der Waals surface area contributed by atoms with E-state index in [1.807, 2.05) is 0 Å². The van der Waals surface area contributed by atoms with E-state index < -0.39 is 17.9 Å². The minimum Gasteiger partial charge on any atom is -0.480 e. The summed E-state index contributed by atoms with van der Waals surface area (Å²) in [4.78, 5) is 22.0. The van der Waals surface area contributed by atoms with E-state index >= 15 is 0 Å². The van der Waals surface area contributed by atoms with Gasteiger partial charge in [-0.1, -0.05) is 0 Å². The Kier molecular flexibility index (Phi) is 3.46. The molecule has 1 atom stereocenters. The fraction of sp³-hybridized carbons (Fsp3) is 0.375. The Hall–Kier alpha value is -1.37. The lowest BCUT2D eigenvalue weighted by molar-refractivity contribution is -0.138. The highest BCUT2D eigenvalue weighted by atomic mass is 79.9. The van der Waals surface area contributed by atoms with E-state index in [9.17, 15) is 9.59 Å². The number of hydrogen-bond donors (Lipinski definition) is 2. The van der Waals surface area contributed by atoms with Crippen LogP contribution >= 0.6 is 15.9 Å². The zero-order valence-electron chi connectivity index (χ0n) is 8.19. The molecule has 1 rings (SSSR count). The third-order valence-electron chi connectivity index (χ3n) is 1.83. The molecule has 0 aliphatic heterocycles. The Bertz CT molecular complexity index is 402. The molecule has 15 heavy (non-hydrogen) atoms. The Morgan fingerprint density at radius 2 is 2.27 bits per heavy atom. The molecule has 7 heteroatoms. The summed E-state index contributed by atoms with van der Waals surface area (Å²) >= 11 is 3.17. The lowest BCUT2D eigenvalue weighted by Gasteiger charge is -2.07. The second-order valence-electron chi connectivity index (χ2n) is 3.01. The number of hydrogen-bond acceptors (Lipinski definition) is 3. The topological polar surface area (TPSA) is 84.2 Å². The second-order valence-corrected chi connectivity index (χ2v) is 3.76. The first-order valence-electron chi connectivity index (χ1n) is 4.14. The third kappa shape index (κ3) is 2.56. The number of carbonyl (C=O) groups excluding carboxylic acids is 1. The van der Waals surface area contributed by atoms with Gasteiger partial charge in [0.15, 0.2) is 0 Å². The number of halogens is 1. The van der Waals surface area contributed by atoms with Crippen molar-refractivity contribution in [2.45, 2.75) is 13.0 Å². The SMILES string of the molecule is CC(NC(=O)c1cnn(C)c1Br)C(=O)O. The average molecular weight is 276 g/mol. The van der Waals surface area contributed by atoms with Gasteiger partial charge >= 0.3 is 5.97 Å². The number of rotatable bonds is 3. The molecule has 0 saturated carbocycles. The Labute approximate surface area is 94.4 Å². The van der Waals surface area contributed by atoms with Crippen LogP contribution in [0.2, 0.25) is 0 Å². The quantitative estimate of drug-likeness (QED) is 0.836. The first-order chi connectivity index (χ1) is 6.93. The number of carboxylic acids is 1. The van der Waals surface area contributed by atoms with Gasteiger partial charge in [0.1, 0.15) is 10.6 Å². The molecule has 1 aromatic heterocycles. The maximum atomic E-state index is 11.5. The zero-order valence-corrected chi connectivity index (χ0v) is 9.78. The van der Waals surface area contributed by atoms with Crippen molar-refractivity contribution in [3.05, 3.63) is 16.4 Å². The Morgan fingerprint density at radius 1 is 1.67 bits per heavy atom. The molecule has 1 unspecified atom stereocenters. The predicted molar refractivity (Wildman–Crippen MR) is 55.5 cm³/mol. The van der Waals surface area contributed by atoms with E-state index in [1.165, 1.54) is 17.8 Å². The van der Waals surface area contributed by atoms with E-state index in [0.717, 1.165) is 0 Å². The molecule has 0 fully saturated rings. The Morgan fingerprint density at radius 3 is 2.67 bits per heavy atom. The van der Waals surface area contributed by atoms with Crippen LogP contribution in [0.15, 0.2) is 10.8 Å². The maximum absolute atomic E-state index is 11.5. The van der Waals surface area contributed by atoms with Crippen LogP contribution in [0.5, 0.6) is 0 Å². The number of aromatic nitrogens is 2. The molecule has 0 radical (unpaired) electrons. The molecule has 0 aliphatic rings. The van der Waals surface area contributed by atoms with Crippen molar-refractivity contribution in [1.29, 1.82) is 0 Å². The van der Waals surface area contributed by atoms with Gasteiger partial charge < -0.3 is 10.4 Å². The van der Waals surface area contributed by atoms with Crippen molar-refractivity contribution in [3.63, 3.8) is 0 Å². The summed E-state index contributed by atoms with van der Waals surface area (Å²) in [7, 11) is 1.67. The first kappa shape index (κ1) is 11.7. The molecule has 0 bridgehead atoms. The highest BCUT2D eigenvalue weighted by molar-refractivity contribution is 9.10. The lowest BCUT2D eigenvalue weighted by atomic mass is 10.3. The normalized spacial score (nSPS) is 12.2. The van der Waals surface area contributed by atoms with Crippen molar-refractivity contribution >= 4 is 27.8 Å². The van der Waals surface area contributed by atoms with Gasteiger partial charge in [-0.3, -0.25) is 14.3 Å². The number of nitrogens with one attached hydrogen (secondary N) is 1. The standard InChI is InChI=1S/C8H10BrN3O3/c1-4(8(14)15)11-7(13)5-3-10-12(2)6(5)9/h3-4H,1-2H3,(H,11,13)(H,14,15). The van der Waals surface area contributed by atoms with Gasteiger partial charge in [-0.05, 0) is 22.9 Å². The van der Waals surface area contributed by atoms with Crippen molar-refractivity contribution in [2.24, 2.45) is 7.05 Å². The molecule has 0 aliphatic carbocycles. The van der Waals surface area contributed by atoms with E-state index in [-0.39, 0.29) is 0 Å². The number of aryl methyl sites for hydroxylation is 1. The molecular weight excluding hydrogens is 266 g/mol. The van der Waals surface area contributed by atoms with Crippen LogP contribution in [0.1, 0.15) is 17.3 Å².